The molecule has 1 saturated carbocycles. The van der Waals surface area contributed by atoms with Crippen molar-refractivity contribution < 1.29 is 14.7 Å². The maximum atomic E-state index is 12.3. The molecule has 1 fully saturated rings. The maximum absolute atomic E-state index is 12.3. The number of Topliss-reactive ketones (excluding diaryl/α,β-unsaturated/α-hetero) is 1. The van der Waals surface area contributed by atoms with E-state index in [1.165, 1.54) is 0 Å². The van der Waals surface area contributed by atoms with Crippen LogP contribution in [0.3, 0.4) is 0 Å². The number of aliphatic hydroxyl groups excluding tert-OH is 1. The summed E-state index contributed by atoms with van der Waals surface area (Å²) in [4.78, 5) is 28.8. The normalized spacial score (nSPS) is 21.1. The van der Waals surface area contributed by atoms with Crippen LogP contribution in [0.1, 0.15) is 34.9 Å². The van der Waals surface area contributed by atoms with E-state index in [0.29, 0.717) is 24.1 Å². The third-order valence-electron chi connectivity index (χ3n) is 4.16. The number of rotatable bonds is 5. The number of carbonyl (C=O) groups is 2. The summed E-state index contributed by atoms with van der Waals surface area (Å²) in [7, 11) is 0. The molecule has 1 atom stereocenters. The van der Waals surface area contributed by atoms with Crippen molar-refractivity contribution in [2.24, 2.45) is 5.92 Å². The minimum Gasteiger partial charge on any atom is -0.393 e. The van der Waals surface area contributed by atoms with Crippen molar-refractivity contribution in [2.45, 2.75) is 25.0 Å². The molecule has 5 nitrogen and oxygen atoms in total. The zero-order chi connectivity index (χ0) is 16.2. The van der Waals surface area contributed by atoms with Gasteiger partial charge in [0.15, 0.2) is 0 Å². The predicted octanol–water partition coefficient (Wildman–Crippen LogP) is 1.89. The van der Waals surface area contributed by atoms with Gasteiger partial charge in [-0.25, -0.2) is 0 Å². The Bertz CT molecular complexity index is 682. The fourth-order valence-electron chi connectivity index (χ4n) is 2.82. The summed E-state index contributed by atoms with van der Waals surface area (Å²) in [5, 5.41) is 12.3. The molecule has 5 heteroatoms. The van der Waals surface area contributed by atoms with Gasteiger partial charge in [-0.1, -0.05) is 36.4 Å². The molecule has 2 N–H and O–H groups in total. The third-order valence-corrected chi connectivity index (χ3v) is 4.16. The summed E-state index contributed by atoms with van der Waals surface area (Å²) in [6.45, 7) is 0. The van der Waals surface area contributed by atoms with Gasteiger partial charge in [-0.3, -0.25) is 14.6 Å². The van der Waals surface area contributed by atoms with E-state index in [4.69, 9.17) is 0 Å². The highest BCUT2D eigenvalue weighted by atomic mass is 16.3. The van der Waals surface area contributed by atoms with E-state index >= 15 is 0 Å². The second-order valence-electron chi connectivity index (χ2n) is 5.79. The standard InChI is InChI=1S/C18H18N2O3/c21-14-10-13(11-14)16(15-8-4-5-9-19-15)20-18(23)17(22)12-6-2-1-3-7-12/h1-9,13-14,16,21H,10-11H2,(H,20,23)/t13?,14?,16-/m0/s1. The molecule has 1 heterocycles. The molecular weight excluding hydrogens is 292 g/mol. The van der Waals surface area contributed by atoms with Gasteiger partial charge >= 0.3 is 0 Å². The van der Waals surface area contributed by atoms with Crippen molar-refractivity contribution in [1.29, 1.82) is 0 Å². The van der Waals surface area contributed by atoms with Crippen LogP contribution in [0.5, 0.6) is 0 Å². The molecule has 1 aliphatic rings. The first-order valence-corrected chi connectivity index (χ1v) is 7.64. The van der Waals surface area contributed by atoms with Gasteiger partial charge in [0, 0.05) is 11.8 Å². The van der Waals surface area contributed by atoms with Crippen molar-refractivity contribution >= 4 is 11.7 Å². The number of nitrogens with zero attached hydrogens (tertiary/aromatic N) is 1. The Morgan fingerprint density at radius 3 is 2.39 bits per heavy atom. The Morgan fingerprint density at radius 1 is 1.09 bits per heavy atom. The summed E-state index contributed by atoms with van der Waals surface area (Å²) < 4.78 is 0. The van der Waals surface area contributed by atoms with Crippen LogP contribution in [0, 0.1) is 5.92 Å². The molecule has 0 radical (unpaired) electrons. The quantitative estimate of drug-likeness (QED) is 0.653. The van der Waals surface area contributed by atoms with Gasteiger partial charge in [0.1, 0.15) is 0 Å². The zero-order valence-corrected chi connectivity index (χ0v) is 12.6. The highest BCUT2D eigenvalue weighted by Gasteiger charge is 2.37. The number of aromatic nitrogens is 1. The van der Waals surface area contributed by atoms with Gasteiger partial charge < -0.3 is 10.4 Å². The van der Waals surface area contributed by atoms with Gasteiger partial charge in [-0.05, 0) is 30.9 Å². The lowest BCUT2D eigenvalue weighted by Gasteiger charge is -2.37. The van der Waals surface area contributed by atoms with Gasteiger partial charge in [-0.15, -0.1) is 0 Å². The molecular formula is C18H18N2O3. The number of hydrogen-bond acceptors (Lipinski definition) is 4. The van der Waals surface area contributed by atoms with Gasteiger partial charge in [0.05, 0.1) is 17.8 Å². The smallest absolute Gasteiger partial charge is 0.292 e. The number of hydrogen-bond donors (Lipinski definition) is 2. The summed E-state index contributed by atoms with van der Waals surface area (Å²) in [6.07, 6.45) is 2.51. The molecule has 3 rings (SSSR count). The zero-order valence-electron chi connectivity index (χ0n) is 12.6. The number of nitrogens with one attached hydrogen (secondary N) is 1. The van der Waals surface area contributed by atoms with Crippen molar-refractivity contribution in [1.82, 2.24) is 10.3 Å². The van der Waals surface area contributed by atoms with Gasteiger partial charge in [0.25, 0.3) is 5.91 Å². The van der Waals surface area contributed by atoms with Gasteiger partial charge in [-0.2, -0.15) is 0 Å². The van der Waals surface area contributed by atoms with E-state index in [1.807, 2.05) is 12.1 Å². The Balaban J connectivity index is 1.76. The first-order valence-electron chi connectivity index (χ1n) is 7.64. The number of aliphatic hydroxyl groups is 1. The van der Waals surface area contributed by atoms with Gasteiger partial charge in [0.2, 0.25) is 5.78 Å². The van der Waals surface area contributed by atoms with Crippen molar-refractivity contribution in [2.75, 3.05) is 0 Å². The van der Waals surface area contributed by atoms with Crippen LogP contribution in [0.4, 0.5) is 0 Å². The number of carbonyl (C=O) groups excluding carboxylic acids is 2. The predicted molar refractivity (Wildman–Crippen MR) is 84.6 cm³/mol. The van der Waals surface area contributed by atoms with Crippen molar-refractivity contribution in [3.8, 4) is 0 Å². The second kappa shape index (κ2) is 6.71. The minimum atomic E-state index is -0.645. The lowest BCUT2D eigenvalue weighted by Crippen LogP contribution is -2.43. The maximum Gasteiger partial charge on any atom is 0.292 e. The third kappa shape index (κ3) is 3.46. The van der Waals surface area contributed by atoms with Crippen LogP contribution in [-0.4, -0.2) is 27.9 Å². The fraction of sp³-hybridized carbons (Fsp3) is 0.278. The van der Waals surface area contributed by atoms with Crippen LogP contribution in [-0.2, 0) is 4.79 Å². The molecule has 118 valence electrons. The molecule has 1 aromatic heterocycles. The van der Waals surface area contributed by atoms with Crippen LogP contribution in [0.15, 0.2) is 54.7 Å². The average molecular weight is 310 g/mol. The first kappa shape index (κ1) is 15.4. The molecule has 23 heavy (non-hydrogen) atoms. The Kier molecular flexibility index (Phi) is 4.48. The lowest BCUT2D eigenvalue weighted by molar-refractivity contribution is -0.118. The SMILES string of the molecule is O=C(N[C@H](c1ccccn1)C1CC(O)C1)C(=O)c1ccccc1. The first-order chi connectivity index (χ1) is 11.1. The van der Waals surface area contributed by atoms with E-state index in [2.05, 4.69) is 10.3 Å². The van der Waals surface area contributed by atoms with E-state index in [-0.39, 0.29) is 18.1 Å². The van der Waals surface area contributed by atoms with Crippen molar-refractivity contribution in [3.05, 3.63) is 66.0 Å². The molecule has 0 unspecified atom stereocenters. The molecule has 0 aliphatic heterocycles. The molecule has 2 aromatic rings. The number of amides is 1. The highest BCUT2D eigenvalue weighted by Crippen LogP contribution is 2.37. The monoisotopic (exact) mass is 310 g/mol. The summed E-state index contributed by atoms with van der Waals surface area (Å²) in [5.41, 5.74) is 1.07. The second-order valence-corrected chi connectivity index (χ2v) is 5.79. The summed E-state index contributed by atoms with van der Waals surface area (Å²) in [5.74, 6) is -1.12. The average Bonchev–Trinajstić information content (AvgIpc) is 2.58. The molecule has 1 aromatic carbocycles. The Morgan fingerprint density at radius 2 is 1.78 bits per heavy atom. The molecule has 0 bridgehead atoms. The van der Waals surface area contributed by atoms with E-state index < -0.39 is 11.7 Å². The Labute approximate surface area is 134 Å². The van der Waals surface area contributed by atoms with E-state index in [9.17, 15) is 14.7 Å². The van der Waals surface area contributed by atoms with Crippen LogP contribution >= 0.6 is 0 Å². The minimum absolute atomic E-state index is 0.0902. The van der Waals surface area contributed by atoms with E-state index in [0.717, 1.165) is 0 Å². The number of pyridine rings is 1. The molecule has 0 spiro atoms. The molecule has 0 saturated heterocycles. The highest BCUT2D eigenvalue weighted by molar-refractivity contribution is 6.42. The summed E-state index contributed by atoms with van der Waals surface area (Å²) >= 11 is 0. The lowest BCUT2D eigenvalue weighted by atomic mass is 9.76. The van der Waals surface area contributed by atoms with Crippen LogP contribution < -0.4 is 5.32 Å². The topological polar surface area (TPSA) is 79.3 Å². The molecule has 1 amide bonds. The fourth-order valence-corrected chi connectivity index (χ4v) is 2.82. The van der Waals surface area contributed by atoms with Crippen molar-refractivity contribution in [3.63, 3.8) is 0 Å². The van der Waals surface area contributed by atoms with E-state index in [1.54, 1.807) is 42.6 Å². The number of ketones is 1. The van der Waals surface area contributed by atoms with Crippen LogP contribution in [0.25, 0.3) is 0 Å². The summed E-state index contributed by atoms with van der Waals surface area (Å²) in [6, 6.07) is 13.6. The van der Waals surface area contributed by atoms with Crippen LogP contribution in [0.2, 0.25) is 0 Å². The Hall–Kier alpha value is -2.53. The molecule has 1 aliphatic carbocycles. The largest absolute Gasteiger partial charge is 0.393 e. The number of benzene rings is 1.